The zero-order valence-electron chi connectivity index (χ0n) is 11.9. The quantitative estimate of drug-likeness (QED) is 0.785. The van der Waals surface area contributed by atoms with E-state index in [9.17, 15) is 9.59 Å². The second kappa shape index (κ2) is 5.08. The van der Waals surface area contributed by atoms with Gasteiger partial charge in [-0.15, -0.1) is 0 Å². The minimum Gasteiger partial charge on any atom is -0.463 e. The Morgan fingerprint density at radius 2 is 2.29 bits per heavy atom. The van der Waals surface area contributed by atoms with Crippen molar-refractivity contribution in [3.05, 3.63) is 35.1 Å². The van der Waals surface area contributed by atoms with Crippen LogP contribution in [-0.4, -0.2) is 26.6 Å². The molecule has 21 heavy (non-hydrogen) atoms. The number of hydrogen-bond acceptors (Lipinski definition) is 4. The summed E-state index contributed by atoms with van der Waals surface area (Å²) >= 11 is 0. The van der Waals surface area contributed by atoms with Crippen molar-refractivity contribution in [3.8, 4) is 0 Å². The van der Waals surface area contributed by atoms with Crippen molar-refractivity contribution in [2.75, 3.05) is 6.54 Å². The maximum Gasteiger partial charge on any atom is 0.291 e. The Bertz CT molecular complexity index is 858. The summed E-state index contributed by atoms with van der Waals surface area (Å²) in [5.74, 6) is -0.217. The molecule has 3 aromatic heterocycles. The van der Waals surface area contributed by atoms with Gasteiger partial charge in [0.15, 0.2) is 5.58 Å². The fourth-order valence-corrected chi connectivity index (χ4v) is 2.29. The highest BCUT2D eigenvalue weighted by Crippen LogP contribution is 2.18. The van der Waals surface area contributed by atoms with Crippen LogP contribution in [0.3, 0.4) is 0 Å². The smallest absolute Gasteiger partial charge is 0.291 e. The highest BCUT2D eigenvalue weighted by molar-refractivity contribution is 5.82. The highest BCUT2D eigenvalue weighted by Gasteiger charge is 2.19. The summed E-state index contributed by atoms with van der Waals surface area (Å²) in [6, 6.07) is 2.77. The molecule has 0 saturated carbocycles. The summed E-state index contributed by atoms with van der Waals surface area (Å²) in [5.41, 5.74) is 1.53. The van der Waals surface area contributed by atoms with Crippen molar-refractivity contribution in [1.82, 2.24) is 19.5 Å². The molecule has 0 saturated heterocycles. The number of nitrogens with one attached hydrogen (secondary N) is 1. The maximum atomic E-state index is 12.5. The number of rotatable bonds is 4. The summed E-state index contributed by atoms with van der Waals surface area (Å²) < 4.78 is 8.14. The molecule has 3 rings (SSSR count). The topological polar surface area (TPSA) is 81.5 Å². The Morgan fingerprint density at radius 3 is 3.05 bits per heavy atom. The number of amides is 1. The van der Waals surface area contributed by atoms with Gasteiger partial charge in [0.1, 0.15) is 17.9 Å². The third kappa shape index (κ3) is 2.10. The predicted octanol–water partition coefficient (Wildman–Crippen LogP) is 1.33. The van der Waals surface area contributed by atoms with Crippen LogP contribution in [0.1, 0.15) is 26.3 Å². The molecule has 7 heteroatoms. The lowest BCUT2D eigenvalue weighted by molar-refractivity contribution is -0.124. The van der Waals surface area contributed by atoms with Crippen LogP contribution >= 0.6 is 0 Å². The summed E-state index contributed by atoms with van der Waals surface area (Å²) in [5, 5.41) is 6.87. The van der Waals surface area contributed by atoms with E-state index in [0.717, 1.165) is 11.9 Å². The van der Waals surface area contributed by atoms with Crippen molar-refractivity contribution in [2.24, 2.45) is 0 Å². The zero-order valence-corrected chi connectivity index (χ0v) is 11.9. The second-order valence-electron chi connectivity index (χ2n) is 4.92. The molecule has 1 atom stereocenters. The Kier molecular flexibility index (Phi) is 3.25. The van der Waals surface area contributed by atoms with Crippen LogP contribution in [0.25, 0.3) is 16.6 Å². The van der Waals surface area contributed by atoms with Gasteiger partial charge in [-0.1, -0.05) is 6.92 Å². The molecule has 7 nitrogen and oxygen atoms in total. The van der Waals surface area contributed by atoms with E-state index in [1.54, 1.807) is 29.7 Å². The first-order valence-corrected chi connectivity index (χ1v) is 6.87. The van der Waals surface area contributed by atoms with Crippen molar-refractivity contribution in [2.45, 2.75) is 26.3 Å². The van der Waals surface area contributed by atoms with Gasteiger partial charge >= 0.3 is 0 Å². The normalized spacial score (nSPS) is 12.9. The molecule has 0 radical (unpaired) electrons. The van der Waals surface area contributed by atoms with E-state index in [-0.39, 0.29) is 11.5 Å². The average Bonchev–Trinajstić information content (AvgIpc) is 3.06. The van der Waals surface area contributed by atoms with Gasteiger partial charge in [0.25, 0.3) is 5.56 Å². The van der Waals surface area contributed by atoms with Crippen LogP contribution < -0.4 is 10.9 Å². The minimum absolute atomic E-state index is 0.217. The maximum absolute atomic E-state index is 12.5. The number of fused-ring (bicyclic) bond motifs is 3. The molecule has 0 spiro atoms. The lowest BCUT2D eigenvalue weighted by atomic mass is 10.3. The number of furan rings is 1. The largest absolute Gasteiger partial charge is 0.463 e. The van der Waals surface area contributed by atoms with Crippen molar-refractivity contribution in [3.63, 3.8) is 0 Å². The molecule has 0 unspecified atom stereocenters. The Hall–Kier alpha value is -2.57. The van der Waals surface area contributed by atoms with Gasteiger partial charge < -0.3 is 9.73 Å². The first-order chi connectivity index (χ1) is 10.1. The molecule has 0 bridgehead atoms. The first-order valence-electron chi connectivity index (χ1n) is 6.87. The molecule has 0 aromatic carbocycles. The van der Waals surface area contributed by atoms with Crippen molar-refractivity contribution < 1.29 is 9.21 Å². The van der Waals surface area contributed by atoms with E-state index < -0.39 is 6.04 Å². The van der Waals surface area contributed by atoms with Gasteiger partial charge in [-0.25, -0.2) is 4.68 Å². The molecule has 0 aliphatic carbocycles. The molecule has 0 aliphatic heterocycles. The van der Waals surface area contributed by atoms with Gasteiger partial charge in [0.05, 0.1) is 11.8 Å². The molecule has 0 fully saturated rings. The third-order valence-corrected chi connectivity index (χ3v) is 3.47. The van der Waals surface area contributed by atoms with Crippen LogP contribution in [0, 0.1) is 0 Å². The summed E-state index contributed by atoms with van der Waals surface area (Å²) in [6.45, 7) is 4.21. The molecular formula is C14H16N4O3. The van der Waals surface area contributed by atoms with Gasteiger partial charge in [-0.2, -0.15) is 5.10 Å². The average molecular weight is 288 g/mol. The number of carbonyl (C=O) groups is 1. The summed E-state index contributed by atoms with van der Waals surface area (Å²) in [6.07, 6.45) is 3.93. The minimum atomic E-state index is -0.657. The first kappa shape index (κ1) is 13.4. The van der Waals surface area contributed by atoms with Gasteiger partial charge in [0, 0.05) is 18.7 Å². The third-order valence-electron chi connectivity index (χ3n) is 3.47. The fraction of sp³-hybridized carbons (Fsp3) is 0.357. The van der Waals surface area contributed by atoms with E-state index in [1.807, 2.05) is 6.92 Å². The Balaban J connectivity index is 2.05. The zero-order chi connectivity index (χ0) is 15.0. The standard InChI is InChI=1S/C14H16N4O3/c1-3-5-15-13(19)9(2)18-14(20)11-7-12-10(4-6-21-12)17(11)8-16-18/h4,6-9H,3,5H2,1-2H3,(H,15,19)/t9-/m1/s1. The lowest BCUT2D eigenvalue weighted by Gasteiger charge is -2.13. The van der Waals surface area contributed by atoms with E-state index in [0.29, 0.717) is 17.6 Å². The van der Waals surface area contributed by atoms with E-state index >= 15 is 0 Å². The molecule has 3 aromatic rings. The van der Waals surface area contributed by atoms with Crippen molar-refractivity contribution in [1.29, 1.82) is 0 Å². The van der Waals surface area contributed by atoms with E-state index in [1.165, 1.54) is 11.0 Å². The number of hydrogen-bond donors (Lipinski definition) is 1. The fourth-order valence-electron chi connectivity index (χ4n) is 2.29. The predicted molar refractivity (Wildman–Crippen MR) is 77.2 cm³/mol. The molecule has 3 heterocycles. The van der Waals surface area contributed by atoms with Crippen LogP contribution in [0.5, 0.6) is 0 Å². The summed E-state index contributed by atoms with van der Waals surface area (Å²) in [7, 11) is 0. The van der Waals surface area contributed by atoms with Gasteiger partial charge in [0.2, 0.25) is 5.91 Å². The molecule has 110 valence electrons. The SMILES string of the molecule is CCCNC(=O)[C@@H](C)n1ncn2c(cc3occc32)c1=O. The highest BCUT2D eigenvalue weighted by atomic mass is 16.3. The Labute approximate surface area is 120 Å². The monoisotopic (exact) mass is 288 g/mol. The number of carbonyl (C=O) groups excluding carboxylic acids is 1. The number of aromatic nitrogens is 3. The molecule has 1 amide bonds. The van der Waals surface area contributed by atoms with Crippen LogP contribution in [0.2, 0.25) is 0 Å². The van der Waals surface area contributed by atoms with Gasteiger partial charge in [-0.3, -0.25) is 14.0 Å². The van der Waals surface area contributed by atoms with E-state index in [2.05, 4.69) is 10.4 Å². The van der Waals surface area contributed by atoms with E-state index in [4.69, 9.17) is 4.42 Å². The number of nitrogens with zero attached hydrogens (tertiary/aromatic N) is 3. The summed E-state index contributed by atoms with van der Waals surface area (Å²) in [4.78, 5) is 24.5. The van der Waals surface area contributed by atoms with Crippen LogP contribution in [0.4, 0.5) is 0 Å². The van der Waals surface area contributed by atoms with Crippen LogP contribution in [-0.2, 0) is 4.79 Å². The molecular weight excluding hydrogens is 272 g/mol. The second-order valence-corrected chi connectivity index (χ2v) is 4.92. The lowest BCUT2D eigenvalue weighted by Crippen LogP contribution is -2.37. The van der Waals surface area contributed by atoms with Crippen LogP contribution in [0.15, 0.2) is 33.9 Å². The van der Waals surface area contributed by atoms with Crippen molar-refractivity contribution >= 4 is 22.5 Å². The van der Waals surface area contributed by atoms with Gasteiger partial charge in [-0.05, 0) is 13.3 Å². The molecule has 1 N–H and O–H groups in total. The molecule has 0 aliphatic rings. The Morgan fingerprint density at radius 1 is 1.48 bits per heavy atom.